The molecule has 2 N–H and O–H groups in total. The van der Waals surface area contributed by atoms with Crippen molar-refractivity contribution in [2.45, 2.75) is 13.1 Å². The summed E-state index contributed by atoms with van der Waals surface area (Å²) in [7, 11) is 2.13. The molecular weight excluding hydrogens is 216 g/mol. The molecule has 1 aromatic heterocycles. The summed E-state index contributed by atoms with van der Waals surface area (Å²) in [6.07, 6.45) is 0. The number of thiophene rings is 1. The molecule has 2 aromatic rings. The summed E-state index contributed by atoms with van der Waals surface area (Å²) in [5, 5.41) is 2.11. The molecular formula is C13H16N2S. The maximum absolute atomic E-state index is 5.75. The Balaban J connectivity index is 1.94. The Labute approximate surface area is 100 Å². The molecule has 3 heteroatoms. The largest absolute Gasteiger partial charge is 0.399 e. The maximum atomic E-state index is 5.75. The van der Waals surface area contributed by atoms with Gasteiger partial charge in [0.15, 0.2) is 0 Å². The van der Waals surface area contributed by atoms with Crippen molar-refractivity contribution < 1.29 is 0 Å². The van der Waals surface area contributed by atoms with Gasteiger partial charge < -0.3 is 5.73 Å². The molecule has 0 amide bonds. The van der Waals surface area contributed by atoms with Crippen molar-refractivity contribution in [2.75, 3.05) is 12.8 Å². The van der Waals surface area contributed by atoms with Gasteiger partial charge in [0, 0.05) is 23.7 Å². The standard InChI is InChI=1S/C13H16N2S/c1-15(10-13-6-3-7-16-13)9-11-4-2-5-12(14)8-11/h2-8H,9-10,14H2,1H3. The van der Waals surface area contributed by atoms with E-state index in [2.05, 4.69) is 35.5 Å². The van der Waals surface area contributed by atoms with Crippen molar-refractivity contribution in [3.05, 3.63) is 52.2 Å². The summed E-state index contributed by atoms with van der Waals surface area (Å²) in [5.74, 6) is 0. The molecule has 0 fully saturated rings. The van der Waals surface area contributed by atoms with E-state index in [0.717, 1.165) is 18.8 Å². The van der Waals surface area contributed by atoms with Crippen LogP contribution in [0.1, 0.15) is 10.4 Å². The van der Waals surface area contributed by atoms with Crippen LogP contribution in [-0.2, 0) is 13.1 Å². The quantitative estimate of drug-likeness (QED) is 0.821. The lowest BCUT2D eigenvalue weighted by Crippen LogP contribution is -2.16. The van der Waals surface area contributed by atoms with Crippen molar-refractivity contribution in [1.29, 1.82) is 0 Å². The van der Waals surface area contributed by atoms with E-state index in [1.165, 1.54) is 10.4 Å². The summed E-state index contributed by atoms with van der Waals surface area (Å²) >= 11 is 1.80. The molecule has 0 spiro atoms. The molecule has 0 aliphatic rings. The first kappa shape index (κ1) is 11.2. The Morgan fingerprint density at radius 2 is 2.06 bits per heavy atom. The van der Waals surface area contributed by atoms with Crippen molar-refractivity contribution in [1.82, 2.24) is 4.90 Å². The zero-order valence-corrected chi connectivity index (χ0v) is 10.2. The fourth-order valence-corrected chi connectivity index (χ4v) is 2.51. The molecule has 84 valence electrons. The van der Waals surface area contributed by atoms with Gasteiger partial charge >= 0.3 is 0 Å². The molecule has 0 bridgehead atoms. The molecule has 0 radical (unpaired) electrons. The Kier molecular flexibility index (Phi) is 3.59. The molecule has 0 atom stereocenters. The first-order chi connectivity index (χ1) is 7.74. The summed E-state index contributed by atoms with van der Waals surface area (Å²) in [5.41, 5.74) is 7.85. The van der Waals surface area contributed by atoms with Gasteiger partial charge in [-0.3, -0.25) is 4.90 Å². The molecule has 1 aromatic carbocycles. The van der Waals surface area contributed by atoms with Crippen molar-refractivity contribution >= 4 is 17.0 Å². The van der Waals surface area contributed by atoms with Crippen molar-refractivity contribution in [3.8, 4) is 0 Å². The number of anilines is 1. The lowest BCUT2D eigenvalue weighted by molar-refractivity contribution is 0.322. The summed E-state index contributed by atoms with van der Waals surface area (Å²) < 4.78 is 0. The number of nitrogens with zero attached hydrogens (tertiary/aromatic N) is 1. The molecule has 0 saturated heterocycles. The third-order valence-electron chi connectivity index (χ3n) is 2.41. The topological polar surface area (TPSA) is 29.3 Å². The van der Waals surface area contributed by atoms with Gasteiger partial charge in [-0.05, 0) is 36.2 Å². The highest BCUT2D eigenvalue weighted by molar-refractivity contribution is 7.09. The van der Waals surface area contributed by atoms with Gasteiger partial charge in [-0.15, -0.1) is 11.3 Å². The van der Waals surface area contributed by atoms with Crippen LogP contribution in [0.15, 0.2) is 41.8 Å². The van der Waals surface area contributed by atoms with Crippen LogP contribution in [0, 0.1) is 0 Å². The number of nitrogen functional groups attached to an aromatic ring is 1. The number of benzene rings is 1. The monoisotopic (exact) mass is 232 g/mol. The molecule has 0 aliphatic heterocycles. The van der Waals surface area contributed by atoms with E-state index in [-0.39, 0.29) is 0 Å². The molecule has 0 unspecified atom stereocenters. The average Bonchev–Trinajstić information content (AvgIpc) is 2.70. The van der Waals surface area contributed by atoms with Crippen LogP contribution in [0.5, 0.6) is 0 Å². The third kappa shape index (κ3) is 3.08. The molecule has 0 saturated carbocycles. The smallest absolute Gasteiger partial charge is 0.0328 e. The van der Waals surface area contributed by atoms with Crippen LogP contribution >= 0.6 is 11.3 Å². The van der Waals surface area contributed by atoms with Crippen LogP contribution in [-0.4, -0.2) is 11.9 Å². The zero-order valence-electron chi connectivity index (χ0n) is 9.39. The van der Waals surface area contributed by atoms with Gasteiger partial charge in [0.2, 0.25) is 0 Å². The van der Waals surface area contributed by atoms with E-state index >= 15 is 0 Å². The minimum Gasteiger partial charge on any atom is -0.399 e. The molecule has 0 aliphatic carbocycles. The Bertz CT molecular complexity index is 437. The van der Waals surface area contributed by atoms with Crippen molar-refractivity contribution in [3.63, 3.8) is 0 Å². The minimum atomic E-state index is 0.835. The lowest BCUT2D eigenvalue weighted by Gasteiger charge is -2.15. The van der Waals surface area contributed by atoms with Gasteiger partial charge in [0.05, 0.1) is 0 Å². The highest BCUT2D eigenvalue weighted by atomic mass is 32.1. The van der Waals surface area contributed by atoms with E-state index in [1.807, 2.05) is 18.2 Å². The fourth-order valence-electron chi connectivity index (χ4n) is 1.73. The first-order valence-electron chi connectivity index (χ1n) is 5.29. The maximum Gasteiger partial charge on any atom is 0.0328 e. The van der Waals surface area contributed by atoms with E-state index in [9.17, 15) is 0 Å². The van der Waals surface area contributed by atoms with Crippen LogP contribution in [0.2, 0.25) is 0 Å². The third-order valence-corrected chi connectivity index (χ3v) is 3.27. The predicted octanol–water partition coefficient (Wildman–Crippen LogP) is 2.96. The van der Waals surface area contributed by atoms with E-state index in [0.29, 0.717) is 0 Å². The zero-order chi connectivity index (χ0) is 11.4. The normalized spacial score (nSPS) is 10.9. The molecule has 1 heterocycles. The second-order valence-electron chi connectivity index (χ2n) is 4.00. The van der Waals surface area contributed by atoms with Gasteiger partial charge in [-0.1, -0.05) is 18.2 Å². The second kappa shape index (κ2) is 5.14. The van der Waals surface area contributed by atoms with Gasteiger partial charge in [0.25, 0.3) is 0 Å². The van der Waals surface area contributed by atoms with Crippen LogP contribution < -0.4 is 5.73 Å². The Morgan fingerprint density at radius 1 is 1.19 bits per heavy atom. The van der Waals surface area contributed by atoms with Crippen LogP contribution in [0.25, 0.3) is 0 Å². The number of hydrogen-bond acceptors (Lipinski definition) is 3. The predicted molar refractivity (Wildman–Crippen MR) is 70.3 cm³/mol. The molecule has 2 nitrogen and oxygen atoms in total. The fraction of sp³-hybridized carbons (Fsp3) is 0.231. The number of hydrogen-bond donors (Lipinski definition) is 1. The molecule has 2 rings (SSSR count). The number of rotatable bonds is 4. The Hall–Kier alpha value is -1.32. The van der Waals surface area contributed by atoms with E-state index in [1.54, 1.807) is 11.3 Å². The first-order valence-corrected chi connectivity index (χ1v) is 6.17. The van der Waals surface area contributed by atoms with Crippen LogP contribution in [0.3, 0.4) is 0 Å². The summed E-state index contributed by atoms with van der Waals surface area (Å²) in [6.45, 7) is 1.93. The summed E-state index contributed by atoms with van der Waals surface area (Å²) in [4.78, 5) is 3.69. The SMILES string of the molecule is CN(Cc1cccc(N)c1)Cc1cccs1. The highest BCUT2D eigenvalue weighted by Crippen LogP contribution is 2.14. The van der Waals surface area contributed by atoms with Gasteiger partial charge in [-0.25, -0.2) is 0 Å². The van der Waals surface area contributed by atoms with E-state index in [4.69, 9.17) is 5.73 Å². The number of nitrogens with two attached hydrogens (primary N) is 1. The van der Waals surface area contributed by atoms with Gasteiger partial charge in [0.1, 0.15) is 0 Å². The van der Waals surface area contributed by atoms with Crippen LogP contribution in [0.4, 0.5) is 5.69 Å². The second-order valence-corrected chi connectivity index (χ2v) is 5.03. The molecule has 16 heavy (non-hydrogen) atoms. The highest BCUT2D eigenvalue weighted by Gasteiger charge is 2.02. The van der Waals surface area contributed by atoms with Crippen molar-refractivity contribution in [2.24, 2.45) is 0 Å². The summed E-state index contributed by atoms with van der Waals surface area (Å²) in [6, 6.07) is 12.3. The van der Waals surface area contributed by atoms with Gasteiger partial charge in [-0.2, -0.15) is 0 Å². The lowest BCUT2D eigenvalue weighted by atomic mass is 10.2. The Morgan fingerprint density at radius 3 is 2.75 bits per heavy atom. The average molecular weight is 232 g/mol. The minimum absolute atomic E-state index is 0.835. The van der Waals surface area contributed by atoms with E-state index < -0.39 is 0 Å².